The van der Waals surface area contributed by atoms with E-state index < -0.39 is 11.5 Å². The van der Waals surface area contributed by atoms with E-state index in [-0.39, 0.29) is 16.6 Å². The highest BCUT2D eigenvalue weighted by Crippen LogP contribution is 2.48. The number of aliphatic hydroxyl groups is 1. The Balaban J connectivity index is 2.05. The van der Waals surface area contributed by atoms with Gasteiger partial charge in [-0.3, -0.25) is 5.10 Å². The highest BCUT2D eigenvalue weighted by Gasteiger charge is 2.44. The van der Waals surface area contributed by atoms with Crippen molar-refractivity contribution in [3.05, 3.63) is 75.3 Å². The van der Waals surface area contributed by atoms with E-state index in [1.807, 2.05) is 43.3 Å². The van der Waals surface area contributed by atoms with Gasteiger partial charge in [-0.05, 0) is 53.0 Å². The SMILES string of the molecule is Cc1cc(CC2(c3c(Cl)ccc4[nH]nnc34)C=C(C(C)(C)C)C=CC2O)c(O)c(C(C)(C)C)c1. The number of aliphatic hydroxyl groups excluding tert-OH is 1. The Bertz CT molecular complexity index is 1310. The van der Waals surface area contributed by atoms with E-state index in [9.17, 15) is 10.2 Å². The molecule has 180 valence electrons. The number of aromatic nitrogens is 3. The van der Waals surface area contributed by atoms with Crippen molar-refractivity contribution in [2.75, 3.05) is 0 Å². The average Bonchev–Trinajstić information content (AvgIpc) is 3.19. The Morgan fingerprint density at radius 1 is 1.09 bits per heavy atom. The van der Waals surface area contributed by atoms with Crippen LogP contribution in [0.2, 0.25) is 5.02 Å². The Hall–Kier alpha value is -2.63. The number of hydrogen-bond acceptors (Lipinski definition) is 4. The van der Waals surface area contributed by atoms with Gasteiger partial charge in [-0.1, -0.05) is 94.3 Å². The molecule has 5 nitrogen and oxygen atoms in total. The van der Waals surface area contributed by atoms with Crippen molar-refractivity contribution >= 4 is 22.6 Å². The van der Waals surface area contributed by atoms with Crippen LogP contribution in [0.4, 0.5) is 0 Å². The van der Waals surface area contributed by atoms with E-state index in [0.29, 0.717) is 22.5 Å². The largest absolute Gasteiger partial charge is 0.507 e. The summed E-state index contributed by atoms with van der Waals surface area (Å²) in [6.07, 6.45) is 5.40. The Labute approximate surface area is 206 Å². The van der Waals surface area contributed by atoms with Crippen LogP contribution in [0, 0.1) is 12.3 Å². The number of H-pyrrole nitrogens is 1. The standard InChI is InChI=1S/C28H34ClN3O2/c1-16-12-17(25(34)19(13-16)27(5,6)7)14-28(15-18(26(2,3)4)8-11-22(28)33)23-20(29)9-10-21-24(23)31-32-30-21/h8-13,15,22,33-34H,14H2,1-7H3,(H,30,31,32). The van der Waals surface area contributed by atoms with Gasteiger partial charge in [0.15, 0.2) is 0 Å². The quantitative estimate of drug-likeness (QED) is 0.411. The zero-order chi connectivity index (χ0) is 25.1. The lowest BCUT2D eigenvalue weighted by molar-refractivity contribution is 0.146. The van der Waals surface area contributed by atoms with Crippen molar-refractivity contribution in [2.45, 2.75) is 71.8 Å². The third-order valence-corrected chi connectivity index (χ3v) is 7.12. The lowest BCUT2D eigenvalue weighted by atomic mass is 9.65. The summed E-state index contributed by atoms with van der Waals surface area (Å²) in [5.74, 6) is 0.258. The van der Waals surface area contributed by atoms with Crippen molar-refractivity contribution in [2.24, 2.45) is 5.41 Å². The van der Waals surface area contributed by atoms with Crippen molar-refractivity contribution in [3.8, 4) is 5.75 Å². The first-order valence-electron chi connectivity index (χ1n) is 11.7. The van der Waals surface area contributed by atoms with Gasteiger partial charge in [-0.15, -0.1) is 5.10 Å². The van der Waals surface area contributed by atoms with E-state index in [4.69, 9.17) is 11.6 Å². The maximum absolute atomic E-state index is 11.6. The second kappa shape index (κ2) is 8.24. The monoisotopic (exact) mass is 479 g/mol. The average molecular weight is 480 g/mol. The van der Waals surface area contributed by atoms with Crippen molar-refractivity contribution in [3.63, 3.8) is 0 Å². The number of nitrogens with zero attached hydrogens (tertiary/aromatic N) is 2. The first-order valence-corrected chi connectivity index (χ1v) is 12.0. The van der Waals surface area contributed by atoms with Crippen molar-refractivity contribution in [1.82, 2.24) is 15.4 Å². The summed E-state index contributed by atoms with van der Waals surface area (Å²) in [5, 5.41) is 34.8. The molecule has 3 N–H and O–H groups in total. The molecule has 0 saturated heterocycles. The molecule has 0 aliphatic heterocycles. The molecule has 6 heteroatoms. The zero-order valence-electron chi connectivity index (χ0n) is 21.0. The number of aromatic hydroxyl groups is 1. The maximum Gasteiger partial charge on any atom is 0.122 e. The van der Waals surface area contributed by atoms with Gasteiger partial charge in [0.05, 0.1) is 17.0 Å². The van der Waals surface area contributed by atoms with Crippen LogP contribution < -0.4 is 0 Å². The van der Waals surface area contributed by atoms with Crippen LogP contribution in [0.1, 0.15) is 63.8 Å². The number of hydrogen-bond donors (Lipinski definition) is 3. The van der Waals surface area contributed by atoms with Crippen LogP contribution in [0.15, 0.2) is 48.1 Å². The van der Waals surface area contributed by atoms with Crippen LogP contribution in [0.3, 0.4) is 0 Å². The second-order valence-electron chi connectivity index (χ2n) is 11.6. The summed E-state index contributed by atoms with van der Waals surface area (Å²) in [5.41, 5.74) is 4.51. The molecule has 3 aromatic rings. The topological polar surface area (TPSA) is 82.0 Å². The van der Waals surface area contributed by atoms with Crippen molar-refractivity contribution < 1.29 is 10.2 Å². The van der Waals surface area contributed by atoms with Crippen LogP contribution >= 0.6 is 11.6 Å². The molecule has 2 unspecified atom stereocenters. The minimum absolute atomic E-state index is 0.155. The van der Waals surface area contributed by atoms with Gasteiger partial charge in [-0.25, -0.2) is 0 Å². The Morgan fingerprint density at radius 3 is 2.44 bits per heavy atom. The number of phenols is 1. The molecule has 1 aliphatic rings. The lowest BCUT2D eigenvalue weighted by Gasteiger charge is -2.41. The molecule has 1 aliphatic carbocycles. The van der Waals surface area contributed by atoms with Gasteiger partial charge in [0, 0.05) is 10.6 Å². The third kappa shape index (κ3) is 4.16. The number of nitrogens with one attached hydrogen (secondary N) is 1. The molecule has 1 aromatic heterocycles. The van der Waals surface area contributed by atoms with Crippen LogP contribution in [0.25, 0.3) is 11.0 Å². The summed E-state index contributed by atoms with van der Waals surface area (Å²) in [7, 11) is 0. The third-order valence-electron chi connectivity index (χ3n) is 6.80. The predicted molar refractivity (Wildman–Crippen MR) is 139 cm³/mol. The van der Waals surface area contributed by atoms with Crippen LogP contribution in [-0.2, 0) is 17.3 Å². The molecule has 0 amide bonds. The van der Waals surface area contributed by atoms with Gasteiger partial charge >= 0.3 is 0 Å². The van der Waals surface area contributed by atoms with Gasteiger partial charge < -0.3 is 10.2 Å². The second-order valence-corrected chi connectivity index (χ2v) is 12.0. The summed E-state index contributed by atoms with van der Waals surface area (Å²) in [4.78, 5) is 0. The van der Waals surface area contributed by atoms with Gasteiger partial charge in [0.1, 0.15) is 11.3 Å². The van der Waals surface area contributed by atoms with Crippen LogP contribution in [0.5, 0.6) is 5.75 Å². The fourth-order valence-corrected chi connectivity index (χ4v) is 5.24. The number of phenolic OH excluding ortho intramolecular Hbond substituents is 1. The summed E-state index contributed by atoms with van der Waals surface area (Å²) < 4.78 is 0. The highest BCUT2D eigenvalue weighted by atomic mass is 35.5. The molecular weight excluding hydrogens is 446 g/mol. The lowest BCUT2D eigenvalue weighted by Crippen LogP contribution is -2.42. The molecular formula is C28H34ClN3O2. The number of aromatic amines is 1. The molecule has 0 saturated carbocycles. The predicted octanol–water partition coefficient (Wildman–Crippen LogP) is 6.31. The molecule has 2 aromatic carbocycles. The smallest absolute Gasteiger partial charge is 0.122 e. The number of aryl methyl sites for hydroxylation is 1. The van der Waals surface area contributed by atoms with Gasteiger partial charge in [0.2, 0.25) is 0 Å². The maximum atomic E-state index is 11.6. The summed E-state index contributed by atoms with van der Waals surface area (Å²) in [6, 6.07) is 7.69. The Morgan fingerprint density at radius 2 is 1.79 bits per heavy atom. The molecule has 0 radical (unpaired) electrons. The number of allylic oxidation sites excluding steroid dienone is 2. The number of rotatable bonds is 3. The summed E-state index contributed by atoms with van der Waals surface area (Å²) >= 11 is 6.84. The molecule has 0 bridgehead atoms. The van der Waals surface area contributed by atoms with Crippen molar-refractivity contribution in [1.29, 1.82) is 0 Å². The summed E-state index contributed by atoms with van der Waals surface area (Å²) in [6.45, 7) is 14.7. The Kier molecular flexibility index (Phi) is 5.94. The molecule has 0 fully saturated rings. The highest BCUT2D eigenvalue weighted by molar-refractivity contribution is 6.32. The molecule has 0 spiro atoms. The molecule has 2 atom stereocenters. The molecule has 34 heavy (non-hydrogen) atoms. The molecule has 4 rings (SSSR count). The number of fused-ring (bicyclic) bond motifs is 1. The van der Waals surface area contributed by atoms with E-state index in [1.54, 1.807) is 0 Å². The van der Waals surface area contributed by atoms with E-state index in [0.717, 1.165) is 27.8 Å². The fraction of sp³-hybridized carbons (Fsp3) is 0.429. The van der Waals surface area contributed by atoms with Gasteiger partial charge in [0.25, 0.3) is 0 Å². The van der Waals surface area contributed by atoms with Gasteiger partial charge in [-0.2, -0.15) is 0 Å². The minimum atomic E-state index is -0.953. The minimum Gasteiger partial charge on any atom is -0.507 e. The van der Waals surface area contributed by atoms with Crippen LogP contribution in [-0.4, -0.2) is 31.7 Å². The first kappa shape index (κ1) is 24.5. The fourth-order valence-electron chi connectivity index (χ4n) is 4.92. The van der Waals surface area contributed by atoms with E-state index in [2.05, 4.69) is 63.0 Å². The number of benzene rings is 2. The van der Waals surface area contributed by atoms with E-state index >= 15 is 0 Å². The zero-order valence-corrected chi connectivity index (χ0v) is 21.7. The number of halogens is 1. The first-order chi connectivity index (χ1) is 15.7. The normalized spacial score (nSPS) is 21.2. The van der Waals surface area contributed by atoms with E-state index in [1.165, 1.54) is 0 Å². The molecule has 1 heterocycles.